The van der Waals surface area contributed by atoms with Gasteiger partial charge in [-0.05, 0) is 12.1 Å². The molecule has 0 saturated carbocycles. The van der Waals surface area contributed by atoms with E-state index in [2.05, 4.69) is 13.8 Å². The summed E-state index contributed by atoms with van der Waals surface area (Å²) < 4.78 is 0. The Morgan fingerprint density at radius 2 is 2.15 bits per heavy atom. The van der Waals surface area contributed by atoms with Gasteiger partial charge in [-0.15, -0.1) is 11.8 Å². The van der Waals surface area contributed by atoms with Gasteiger partial charge in [-0.1, -0.05) is 31.5 Å². The molecule has 0 bridgehead atoms. The number of hydrogen-bond donors (Lipinski definition) is 0. The third kappa shape index (κ3) is 3.05. The quantitative estimate of drug-likeness (QED) is 0.564. The smallest absolute Gasteiger partial charge is 0.150 e. The van der Waals surface area contributed by atoms with E-state index in [1.165, 1.54) is 0 Å². The van der Waals surface area contributed by atoms with Crippen LogP contribution < -0.4 is 0 Å². The molecular formula is C10H11ClOS. The molecule has 1 rings (SSSR count). The average molecular weight is 215 g/mol. The summed E-state index contributed by atoms with van der Waals surface area (Å²) in [5.41, 5.74) is 0.623. The highest BCUT2D eigenvalue weighted by Crippen LogP contribution is 2.30. The highest BCUT2D eigenvalue weighted by atomic mass is 35.5. The second-order valence-corrected chi connectivity index (χ2v) is 5.00. The van der Waals surface area contributed by atoms with Crippen LogP contribution in [0.2, 0.25) is 5.02 Å². The maximum atomic E-state index is 10.4. The molecule has 0 aromatic heterocycles. The number of carbonyl (C=O) groups excluding carboxylic acids is 1. The van der Waals surface area contributed by atoms with Crippen LogP contribution in [0.1, 0.15) is 24.2 Å². The first-order chi connectivity index (χ1) is 6.13. The standard InChI is InChI=1S/C10H11ClOS/c1-7(2)13-10-4-3-8(6-12)5-9(10)11/h3-7H,1-2H3. The van der Waals surface area contributed by atoms with Gasteiger partial charge in [0.2, 0.25) is 0 Å². The van der Waals surface area contributed by atoms with Crippen molar-refractivity contribution in [3.05, 3.63) is 28.8 Å². The van der Waals surface area contributed by atoms with Crippen LogP contribution in [0.15, 0.2) is 23.1 Å². The predicted molar refractivity (Wildman–Crippen MR) is 57.8 cm³/mol. The molecule has 0 aliphatic carbocycles. The molecule has 0 aliphatic rings. The van der Waals surface area contributed by atoms with Gasteiger partial charge in [0.1, 0.15) is 6.29 Å². The molecule has 0 saturated heterocycles. The molecule has 0 unspecified atom stereocenters. The summed E-state index contributed by atoms with van der Waals surface area (Å²) in [6.07, 6.45) is 0.801. The van der Waals surface area contributed by atoms with Crippen LogP contribution in [0, 0.1) is 0 Å². The molecule has 0 atom stereocenters. The highest BCUT2D eigenvalue weighted by Gasteiger charge is 2.04. The first-order valence-corrected chi connectivity index (χ1v) is 5.30. The van der Waals surface area contributed by atoms with Crippen molar-refractivity contribution >= 4 is 29.6 Å². The normalized spacial score (nSPS) is 10.5. The van der Waals surface area contributed by atoms with E-state index in [1.807, 2.05) is 6.07 Å². The Hall–Kier alpha value is -0.470. The summed E-state index contributed by atoms with van der Waals surface area (Å²) in [5, 5.41) is 1.16. The predicted octanol–water partition coefficient (Wildman–Crippen LogP) is 3.65. The minimum Gasteiger partial charge on any atom is -0.298 e. The Morgan fingerprint density at radius 3 is 2.62 bits per heavy atom. The van der Waals surface area contributed by atoms with Gasteiger partial charge < -0.3 is 0 Å². The Balaban J connectivity index is 2.91. The minimum absolute atomic E-state index is 0.500. The van der Waals surface area contributed by atoms with Crippen molar-refractivity contribution in [1.82, 2.24) is 0 Å². The fourth-order valence-electron chi connectivity index (χ4n) is 0.940. The molecule has 13 heavy (non-hydrogen) atoms. The molecule has 1 aromatic rings. The van der Waals surface area contributed by atoms with E-state index in [1.54, 1.807) is 23.9 Å². The summed E-state index contributed by atoms with van der Waals surface area (Å²) in [5.74, 6) is 0. The number of hydrogen-bond acceptors (Lipinski definition) is 2. The topological polar surface area (TPSA) is 17.1 Å². The molecule has 1 aromatic carbocycles. The van der Waals surface area contributed by atoms with Gasteiger partial charge in [0.15, 0.2) is 0 Å². The van der Waals surface area contributed by atoms with Crippen molar-refractivity contribution in [2.75, 3.05) is 0 Å². The van der Waals surface area contributed by atoms with E-state index >= 15 is 0 Å². The van der Waals surface area contributed by atoms with Gasteiger partial charge in [0.25, 0.3) is 0 Å². The maximum Gasteiger partial charge on any atom is 0.150 e. The molecule has 70 valence electrons. The van der Waals surface area contributed by atoms with Crippen molar-refractivity contribution in [2.24, 2.45) is 0 Å². The fourth-order valence-corrected chi connectivity index (χ4v) is 2.09. The number of benzene rings is 1. The molecule has 0 heterocycles. The van der Waals surface area contributed by atoms with Gasteiger partial charge in [-0.3, -0.25) is 4.79 Å². The summed E-state index contributed by atoms with van der Waals surface area (Å²) in [4.78, 5) is 11.5. The monoisotopic (exact) mass is 214 g/mol. The van der Waals surface area contributed by atoms with Crippen molar-refractivity contribution < 1.29 is 4.79 Å². The van der Waals surface area contributed by atoms with Gasteiger partial charge in [-0.2, -0.15) is 0 Å². The summed E-state index contributed by atoms with van der Waals surface area (Å²) in [7, 11) is 0. The lowest BCUT2D eigenvalue weighted by atomic mass is 10.2. The van der Waals surface area contributed by atoms with E-state index in [-0.39, 0.29) is 0 Å². The molecule has 0 amide bonds. The van der Waals surface area contributed by atoms with Crippen molar-refractivity contribution in [3.63, 3.8) is 0 Å². The largest absolute Gasteiger partial charge is 0.298 e. The van der Waals surface area contributed by atoms with Gasteiger partial charge >= 0.3 is 0 Å². The molecule has 0 aliphatic heterocycles. The molecular weight excluding hydrogens is 204 g/mol. The Bertz CT molecular complexity index is 310. The molecule has 0 radical (unpaired) electrons. The zero-order chi connectivity index (χ0) is 9.84. The van der Waals surface area contributed by atoms with Crippen LogP contribution in [-0.2, 0) is 0 Å². The summed E-state index contributed by atoms with van der Waals surface area (Å²) in [6, 6.07) is 5.36. The number of halogens is 1. The SMILES string of the molecule is CC(C)Sc1ccc(C=O)cc1Cl. The van der Waals surface area contributed by atoms with E-state index in [9.17, 15) is 4.79 Å². The lowest BCUT2D eigenvalue weighted by molar-refractivity contribution is 0.112. The number of carbonyl (C=O) groups is 1. The summed E-state index contributed by atoms with van der Waals surface area (Å²) in [6.45, 7) is 4.21. The van der Waals surface area contributed by atoms with Crippen molar-refractivity contribution in [1.29, 1.82) is 0 Å². The van der Waals surface area contributed by atoms with Gasteiger partial charge in [0.05, 0.1) is 5.02 Å². The van der Waals surface area contributed by atoms with E-state index in [4.69, 9.17) is 11.6 Å². The van der Waals surface area contributed by atoms with Crippen LogP contribution in [0.25, 0.3) is 0 Å². The molecule has 0 N–H and O–H groups in total. The van der Waals surface area contributed by atoms with Crippen LogP contribution in [0.4, 0.5) is 0 Å². The summed E-state index contributed by atoms with van der Waals surface area (Å²) >= 11 is 7.67. The van der Waals surface area contributed by atoms with E-state index in [0.29, 0.717) is 15.8 Å². The molecule has 3 heteroatoms. The third-order valence-corrected chi connectivity index (χ3v) is 2.96. The first-order valence-electron chi connectivity index (χ1n) is 4.05. The van der Waals surface area contributed by atoms with Crippen molar-refractivity contribution in [2.45, 2.75) is 24.0 Å². The lowest BCUT2D eigenvalue weighted by Crippen LogP contribution is -1.88. The van der Waals surface area contributed by atoms with Crippen LogP contribution >= 0.6 is 23.4 Å². The average Bonchev–Trinajstić information content (AvgIpc) is 2.08. The molecule has 0 spiro atoms. The van der Waals surface area contributed by atoms with Crippen molar-refractivity contribution in [3.8, 4) is 0 Å². The minimum atomic E-state index is 0.500. The zero-order valence-electron chi connectivity index (χ0n) is 7.58. The number of rotatable bonds is 3. The zero-order valence-corrected chi connectivity index (χ0v) is 9.15. The Labute approximate surface area is 87.5 Å². The van der Waals surface area contributed by atoms with Gasteiger partial charge in [-0.25, -0.2) is 0 Å². The first kappa shape index (κ1) is 10.6. The molecule has 0 fully saturated rings. The molecule has 1 nitrogen and oxygen atoms in total. The van der Waals surface area contributed by atoms with E-state index in [0.717, 1.165) is 11.2 Å². The number of thioether (sulfide) groups is 1. The Kier molecular flexibility index (Phi) is 3.82. The van der Waals surface area contributed by atoms with Crippen LogP contribution in [0.3, 0.4) is 0 Å². The van der Waals surface area contributed by atoms with Crippen LogP contribution in [0.5, 0.6) is 0 Å². The maximum absolute atomic E-state index is 10.4. The highest BCUT2D eigenvalue weighted by molar-refractivity contribution is 8.00. The number of aldehydes is 1. The van der Waals surface area contributed by atoms with E-state index < -0.39 is 0 Å². The van der Waals surface area contributed by atoms with Gasteiger partial charge in [0, 0.05) is 15.7 Å². The second kappa shape index (κ2) is 4.68. The fraction of sp³-hybridized carbons (Fsp3) is 0.300. The Morgan fingerprint density at radius 1 is 1.46 bits per heavy atom. The second-order valence-electron chi connectivity index (χ2n) is 2.97. The third-order valence-electron chi connectivity index (χ3n) is 1.45. The van der Waals surface area contributed by atoms with Crippen LogP contribution in [-0.4, -0.2) is 11.5 Å². The lowest BCUT2D eigenvalue weighted by Gasteiger charge is -2.06.